The van der Waals surface area contributed by atoms with E-state index in [2.05, 4.69) is 44.5 Å². The van der Waals surface area contributed by atoms with Crippen molar-refractivity contribution in [2.45, 2.75) is 71.3 Å². The first-order valence-corrected chi connectivity index (χ1v) is 12.5. The fourth-order valence-corrected chi connectivity index (χ4v) is 5.08. The molecule has 0 radical (unpaired) electrons. The SMILES string of the molecule is C=C(C)[C@@H]1CCC(C)=C[C@H]1c1c(O)cc(CCCCC)cc1O/C(=N\C)SCC1CO1. The molecule has 0 bridgehead atoms. The van der Waals surface area contributed by atoms with E-state index < -0.39 is 0 Å². The van der Waals surface area contributed by atoms with E-state index >= 15 is 0 Å². The molecule has 0 amide bonds. The van der Waals surface area contributed by atoms with Crippen LogP contribution in [-0.4, -0.2) is 35.8 Å². The molecule has 31 heavy (non-hydrogen) atoms. The van der Waals surface area contributed by atoms with Gasteiger partial charge < -0.3 is 14.6 Å². The van der Waals surface area contributed by atoms with E-state index in [0.717, 1.165) is 60.5 Å². The Morgan fingerprint density at radius 2 is 2.13 bits per heavy atom. The van der Waals surface area contributed by atoms with Gasteiger partial charge in [0, 0.05) is 24.3 Å². The van der Waals surface area contributed by atoms with Crippen molar-refractivity contribution in [3.63, 3.8) is 0 Å². The van der Waals surface area contributed by atoms with Gasteiger partial charge in [0.1, 0.15) is 11.5 Å². The van der Waals surface area contributed by atoms with Gasteiger partial charge in [-0.1, -0.05) is 55.3 Å². The van der Waals surface area contributed by atoms with Crippen LogP contribution in [0.25, 0.3) is 0 Å². The summed E-state index contributed by atoms with van der Waals surface area (Å²) in [6.45, 7) is 11.5. The van der Waals surface area contributed by atoms with E-state index in [9.17, 15) is 5.11 Å². The van der Waals surface area contributed by atoms with Gasteiger partial charge in [-0.3, -0.25) is 0 Å². The van der Waals surface area contributed by atoms with Crippen LogP contribution in [0.1, 0.15) is 69.9 Å². The second-order valence-corrected chi connectivity index (χ2v) is 9.84. The van der Waals surface area contributed by atoms with Crippen molar-refractivity contribution in [3.05, 3.63) is 47.1 Å². The Balaban J connectivity index is 1.96. The zero-order chi connectivity index (χ0) is 22.4. The molecule has 5 heteroatoms. The molecule has 1 heterocycles. The summed E-state index contributed by atoms with van der Waals surface area (Å²) in [5.74, 6) is 2.22. The molecule has 1 aliphatic carbocycles. The van der Waals surface area contributed by atoms with Crippen molar-refractivity contribution in [1.82, 2.24) is 0 Å². The Kier molecular flexibility index (Phi) is 8.67. The smallest absolute Gasteiger partial charge is 0.251 e. The van der Waals surface area contributed by atoms with Gasteiger partial charge in [0.05, 0.1) is 12.7 Å². The highest BCUT2D eigenvalue weighted by Gasteiger charge is 2.31. The third-order valence-corrected chi connectivity index (χ3v) is 7.19. The van der Waals surface area contributed by atoms with Crippen molar-refractivity contribution in [2.24, 2.45) is 10.9 Å². The van der Waals surface area contributed by atoms with E-state index in [0.29, 0.717) is 17.1 Å². The van der Waals surface area contributed by atoms with Crippen molar-refractivity contribution in [2.75, 3.05) is 19.4 Å². The van der Waals surface area contributed by atoms with Crippen molar-refractivity contribution < 1.29 is 14.6 Å². The number of hydrogen-bond acceptors (Lipinski definition) is 5. The van der Waals surface area contributed by atoms with Crippen molar-refractivity contribution in [3.8, 4) is 11.5 Å². The van der Waals surface area contributed by atoms with Crippen LogP contribution in [0.5, 0.6) is 11.5 Å². The summed E-state index contributed by atoms with van der Waals surface area (Å²) in [6, 6.07) is 4.04. The van der Waals surface area contributed by atoms with Crippen molar-refractivity contribution >= 4 is 17.0 Å². The fourth-order valence-electron chi connectivity index (χ4n) is 4.28. The number of benzene rings is 1. The molecule has 4 nitrogen and oxygen atoms in total. The van der Waals surface area contributed by atoms with Gasteiger partial charge in [-0.2, -0.15) is 0 Å². The van der Waals surface area contributed by atoms with Gasteiger partial charge in [-0.25, -0.2) is 4.99 Å². The summed E-state index contributed by atoms with van der Waals surface area (Å²) < 4.78 is 11.7. The van der Waals surface area contributed by atoms with E-state index in [1.807, 2.05) is 6.07 Å². The molecule has 2 aliphatic rings. The number of phenols is 1. The number of aliphatic imine (C=N–C) groups is 1. The molecule has 1 aromatic carbocycles. The maximum Gasteiger partial charge on any atom is 0.251 e. The topological polar surface area (TPSA) is 54.4 Å². The Morgan fingerprint density at radius 1 is 1.35 bits per heavy atom. The highest BCUT2D eigenvalue weighted by Crippen LogP contribution is 2.47. The van der Waals surface area contributed by atoms with E-state index in [-0.39, 0.29) is 11.8 Å². The average Bonchev–Trinajstić information content (AvgIpc) is 3.55. The molecule has 0 spiro atoms. The summed E-state index contributed by atoms with van der Waals surface area (Å²) in [6.07, 6.45) is 9.09. The third-order valence-electron chi connectivity index (χ3n) is 6.14. The van der Waals surface area contributed by atoms with Gasteiger partial charge in [0.2, 0.25) is 0 Å². The monoisotopic (exact) mass is 443 g/mol. The molecule has 1 saturated heterocycles. The zero-order valence-electron chi connectivity index (χ0n) is 19.4. The second-order valence-electron chi connectivity index (χ2n) is 8.87. The van der Waals surface area contributed by atoms with Gasteiger partial charge in [-0.15, -0.1) is 0 Å². The normalized spacial score (nSPS) is 23.4. The van der Waals surface area contributed by atoms with Crippen LogP contribution < -0.4 is 4.74 Å². The predicted molar refractivity (Wildman–Crippen MR) is 132 cm³/mol. The van der Waals surface area contributed by atoms with E-state index in [1.165, 1.54) is 18.4 Å². The van der Waals surface area contributed by atoms with Crippen LogP contribution in [0.15, 0.2) is 40.9 Å². The van der Waals surface area contributed by atoms with Crippen LogP contribution in [0.4, 0.5) is 0 Å². The Bertz CT molecular complexity index is 841. The Labute approximate surface area is 191 Å². The average molecular weight is 444 g/mol. The highest BCUT2D eigenvalue weighted by atomic mass is 32.2. The summed E-state index contributed by atoms with van der Waals surface area (Å²) in [7, 11) is 1.75. The first-order valence-electron chi connectivity index (χ1n) is 11.5. The molecule has 0 aromatic heterocycles. The molecule has 1 fully saturated rings. The lowest BCUT2D eigenvalue weighted by Gasteiger charge is -2.32. The number of allylic oxidation sites excluding steroid dienone is 3. The van der Waals surface area contributed by atoms with E-state index in [4.69, 9.17) is 9.47 Å². The fraction of sp³-hybridized carbons (Fsp3) is 0.577. The molecule has 0 saturated carbocycles. The molecular formula is C26H37NO3S. The molecule has 1 aliphatic heterocycles. The Hall–Kier alpha value is -1.72. The summed E-state index contributed by atoms with van der Waals surface area (Å²) >= 11 is 1.57. The van der Waals surface area contributed by atoms with Crippen LogP contribution in [-0.2, 0) is 11.2 Å². The molecule has 3 rings (SSSR count). The number of epoxide rings is 1. The van der Waals surface area contributed by atoms with Gasteiger partial charge >= 0.3 is 0 Å². The standard InChI is InChI=1S/C26H37NO3S/c1-6-7-8-9-19-13-23(28)25(22-12-18(4)10-11-21(22)17(2)3)24(14-19)30-26(27-5)31-16-20-15-29-20/h12-14,20-22,28H,2,6-11,15-16H2,1,3-5H3/b27-26+/t20?,21-,22+/m0/s1. The maximum atomic E-state index is 11.2. The molecule has 170 valence electrons. The summed E-state index contributed by atoms with van der Waals surface area (Å²) in [5, 5.41) is 11.8. The Morgan fingerprint density at radius 3 is 2.77 bits per heavy atom. The number of aryl methyl sites for hydroxylation is 1. The van der Waals surface area contributed by atoms with Crippen LogP contribution >= 0.6 is 11.8 Å². The number of nitrogens with zero attached hydrogens (tertiary/aromatic N) is 1. The number of unbranched alkanes of at least 4 members (excludes halogenated alkanes) is 2. The highest BCUT2D eigenvalue weighted by molar-refractivity contribution is 8.13. The minimum absolute atomic E-state index is 0.0563. The van der Waals surface area contributed by atoms with E-state index in [1.54, 1.807) is 18.8 Å². The number of thioether (sulfide) groups is 1. The minimum Gasteiger partial charge on any atom is -0.507 e. The quantitative estimate of drug-likeness (QED) is 0.153. The molecule has 1 aromatic rings. The largest absolute Gasteiger partial charge is 0.507 e. The first kappa shape index (κ1) is 23.9. The van der Waals surface area contributed by atoms with Crippen LogP contribution in [0.3, 0.4) is 0 Å². The zero-order valence-corrected chi connectivity index (χ0v) is 20.3. The summed E-state index contributed by atoms with van der Waals surface area (Å²) in [5.41, 5.74) is 4.47. The second kappa shape index (κ2) is 11.2. The third kappa shape index (κ3) is 6.63. The lowest BCUT2D eigenvalue weighted by molar-refractivity contribution is 0.422. The molecule has 1 N–H and O–H groups in total. The number of ether oxygens (including phenoxy) is 2. The molecular weight excluding hydrogens is 406 g/mol. The van der Waals surface area contributed by atoms with Gasteiger partial charge in [0.25, 0.3) is 5.23 Å². The molecule has 3 atom stereocenters. The van der Waals surface area contributed by atoms with Crippen molar-refractivity contribution in [1.29, 1.82) is 0 Å². The van der Waals surface area contributed by atoms with Crippen LogP contribution in [0.2, 0.25) is 0 Å². The first-order chi connectivity index (χ1) is 14.9. The minimum atomic E-state index is 0.0563. The van der Waals surface area contributed by atoms with Gasteiger partial charge in [0.15, 0.2) is 0 Å². The number of hydrogen-bond donors (Lipinski definition) is 1. The van der Waals surface area contributed by atoms with Gasteiger partial charge in [-0.05, 0) is 63.1 Å². The summed E-state index contributed by atoms with van der Waals surface area (Å²) in [4.78, 5) is 4.36. The lowest BCUT2D eigenvalue weighted by Crippen LogP contribution is -2.19. The maximum absolute atomic E-state index is 11.2. The van der Waals surface area contributed by atoms with Crippen LogP contribution in [0, 0.1) is 5.92 Å². The molecule has 1 unspecified atom stereocenters. The number of phenolic OH excluding ortho intramolecular Hbond substituents is 1. The lowest BCUT2D eigenvalue weighted by atomic mass is 9.73. The predicted octanol–water partition coefficient (Wildman–Crippen LogP) is 6.64. The number of aromatic hydroxyl groups is 1. The number of rotatable bonds is 9.